The van der Waals surface area contributed by atoms with E-state index in [9.17, 15) is 4.79 Å². The molecule has 3 aromatic rings. The first kappa shape index (κ1) is 15.7. The van der Waals surface area contributed by atoms with Gasteiger partial charge in [-0.2, -0.15) is 0 Å². The van der Waals surface area contributed by atoms with Gasteiger partial charge in [-0.15, -0.1) is 0 Å². The maximum Gasteiger partial charge on any atom is 0.263 e. The fourth-order valence-electron chi connectivity index (χ4n) is 2.57. The average molecular weight is 364 g/mol. The van der Waals surface area contributed by atoms with Crippen molar-refractivity contribution in [3.8, 4) is 11.4 Å². The number of nitrogen functional groups attached to an aromatic ring is 1. The molecule has 1 aliphatic rings. The summed E-state index contributed by atoms with van der Waals surface area (Å²) < 4.78 is 0.470. The Balaban J connectivity index is 1.76. The van der Waals surface area contributed by atoms with E-state index < -0.39 is 0 Å². The SMILES string of the molecule is Nc1nc(-c2cccc(C=C3SC(=S)NC3=O)c2)nc2ccccc12. The number of thioether (sulfide) groups is 1. The van der Waals surface area contributed by atoms with Crippen LogP contribution in [0.1, 0.15) is 5.56 Å². The van der Waals surface area contributed by atoms with E-state index in [1.54, 1.807) is 6.08 Å². The van der Waals surface area contributed by atoms with Crippen molar-refractivity contribution in [3.63, 3.8) is 0 Å². The van der Waals surface area contributed by atoms with Crippen LogP contribution in [0.5, 0.6) is 0 Å². The summed E-state index contributed by atoms with van der Waals surface area (Å²) in [6.07, 6.45) is 1.80. The molecule has 2 aromatic carbocycles. The van der Waals surface area contributed by atoms with Crippen molar-refractivity contribution in [1.82, 2.24) is 15.3 Å². The first-order valence-corrected chi connectivity index (χ1v) is 8.70. The molecule has 0 aliphatic carbocycles. The Morgan fingerprint density at radius 1 is 1.12 bits per heavy atom. The molecule has 0 spiro atoms. The van der Waals surface area contributed by atoms with E-state index in [0.29, 0.717) is 20.9 Å². The van der Waals surface area contributed by atoms with E-state index in [1.165, 1.54) is 11.8 Å². The number of nitrogens with two attached hydrogens (primary N) is 1. The van der Waals surface area contributed by atoms with Crippen LogP contribution in [0.4, 0.5) is 5.82 Å². The second-order valence-electron chi connectivity index (χ2n) is 5.43. The minimum atomic E-state index is -0.174. The van der Waals surface area contributed by atoms with Gasteiger partial charge in [0, 0.05) is 10.9 Å². The molecule has 122 valence electrons. The van der Waals surface area contributed by atoms with Crippen LogP contribution in [0.15, 0.2) is 53.4 Å². The molecule has 25 heavy (non-hydrogen) atoms. The van der Waals surface area contributed by atoms with Crippen molar-refractivity contribution in [3.05, 3.63) is 59.0 Å². The molecule has 4 rings (SSSR count). The molecule has 0 radical (unpaired) electrons. The number of fused-ring (bicyclic) bond motifs is 1. The second kappa shape index (κ2) is 6.27. The van der Waals surface area contributed by atoms with E-state index >= 15 is 0 Å². The smallest absolute Gasteiger partial charge is 0.263 e. The summed E-state index contributed by atoms with van der Waals surface area (Å²) in [5, 5.41) is 3.44. The monoisotopic (exact) mass is 364 g/mol. The Morgan fingerprint density at radius 2 is 1.96 bits per heavy atom. The maximum absolute atomic E-state index is 11.8. The number of amides is 1. The lowest BCUT2D eigenvalue weighted by molar-refractivity contribution is -0.115. The van der Waals surface area contributed by atoms with Crippen LogP contribution in [0.3, 0.4) is 0 Å². The van der Waals surface area contributed by atoms with E-state index in [-0.39, 0.29) is 5.91 Å². The van der Waals surface area contributed by atoms with Gasteiger partial charge >= 0.3 is 0 Å². The normalized spacial score (nSPS) is 15.8. The number of hydrogen-bond donors (Lipinski definition) is 2. The standard InChI is InChI=1S/C18H12N4OS2/c19-15-12-6-1-2-7-13(12)20-16(21-15)11-5-3-4-10(8-11)9-14-17(23)22-18(24)25-14/h1-9H,(H2,19,20,21)(H,22,23,24). The van der Waals surface area contributed by atoms with Crippen LogP contribution in [0.2, 0.25) is 0 Å². The summed E-state index contributed by atoms with van der Waals surface area (Å²) >= 11 is 6.26. The Morgan fingerprint density at radius 3 is 2.76 bits per heavy atom. The number of carbonyl (C=O) groups excluding carboxylic acids is 1. The van der Waals surface area contributed by atoms with E-state index in [1.807, 2.05) is 48.5 Å². The van der Waals surface area contributed by atoms with Gasteiger partial charge in [-0.25, -0.2) is 9.97 Å². The number of hydrogen-bond acceptors (Lipinski definition) is 6. The first-order chi connectivity index (χ1) is 12.1. The second-order valence-corrected chi connectivity index (χ2v) is 7.15. The summed E-state index contributed by atoms with van der Waals surface area (Å²) in [5.41, 5.74) is 8.56. The minimum absolute atomic E-state index is 0.174. The van der Waals surface area contributed by atoms with E-state index in [4.69, 9.17) is 18.0 Å². The fraction of sp³-hybridized carbons (Fsp3) is 0. The lowest BCUT2D eigenvalue weighted by Gasteiger charge is -2.06. The Hall–Kier alpha value is -2.77. The molecule has 0 saturated carbocycles. The summed E-state index contributed by atoms with van der Waals surface area (Å²) in [6, 6.07) is 15.3. The number of thiocarbonyl (C=S) groups is 1. The predicted octanol–water partition coefficient (Wildman–Crippen LogP) is 3.37. The Labute approximate surface area is 153 Å². The van der Waals surface area contributed by atoms with Crippen LogP contribution in [0.25, 0.3) is 28.4 Å². The highest BCUT2D eigenvalue weighted by atomic mass is 32.2. The average Bonchev–Trinajstić information content (AvgIpc) is 2.92. The maximum atomic E-state index is 11.8. The van der Waals surface area contributed by atoms with Crippen molar-refractivity contribution >= 4 is 57.0 Å². The van der Waals surface area contributed by atoms with Crippen LogP contribution >= 0.6 is 24.0 Å². The van der Waals surface area contributed by atoms with E-state index in [0.717, 1.165) is 22.0 Å². The number of aromatic nitrogens is 2. The number of nitrogens with one attached hydrogen (secondary N) is 1. The third-order valence-corrected chi connectivity index (χ3v) is 4.88. The molecular formula is C18H12N4OS2. The largest absolute Gasteiger partial charge is 0.383 e. The van der Waals surface area contributed by atoms with Gasteiger partial charge in [0.25, 0.3) is 5.91 Å². The number of benzene rings is 2. The number of nitrogens with zero attached hydrogens (tertiary/aromatic N) is 2. The van der Waals surface area contributed by atoms with Crippen LogP contribution in [-0.2, 0) is 4.79 Å². The molecule has 0 unspecified atom stereocenters. The molecule has 1 amide bonds. The lowest BCUT2D eigenvalue weighted by atomic mass is 10.1. The van der Waals surface area contributed by atoms with Crippen molar-refractivity contribution in [2.24, 2.45) is 0 Å². The highest BCUT2D eigenvalue weighted by Crippen LogP contribution is 2.28. The molecule has 2 heterocycles. The van der Waals surface area contributed by atoms with Gasteiger partial charge in [0.05, 0.1) is 10.4 Å². The van der Waals surface area contributed by atoms with Crippen molar-refractivity contribution < 1.29 is 4.79 Å². The molecule has 1 fully saturated rings. The van der Waals surface area contributed by atoms with Crippen molar-refractivity contribution in [2.75, 3.05) is 5.73 Å². The van der Waals surface area contributed by atoms with Crippen molar-refractivity contribution in [2.45, 2.75) is 0 Å². The van der Waals surface area contributed by atoms with Gasteiger partial charge in [0.1, 0.15) is 10.1 Å². The molecule has 7 heteroatoms. The summed E-state index contributed by atoms with van der Waals surface area (Å²) in [4.78, 5) is 21.4. The van der Waals surface area contributed by atoms with Gasteiger partial charge in [0.15, 0.2) is 5.82 Å². The van der Waals surface area contributed by atoms with Crippen LogP contribution < -0.4 is 11.1 Å². The van der Waals surface area contributed by atoms with Crippen LogP contribution in [-0.4, -0.2) is 20.2 Å². The third-order valence-electron chi connectivity index (χ3n) is 3.72. The zero-order valence-corrected chi connectivity index (χ0v) is 14.5. The molecule has 5 nitrogen and oxygen atoms in total. The summed E-state index contributed by atoms with van der Waals surface area (Å²) in [7, 11) is 0. The highest BCUT2D eigenvalue weighted by molar-refractivity contribution is 8.26. The third kappa shape index (κ3) is 3.11. The number of para-hydroxylation sites is 1. The predicted molar refractivity (Wildman–Crippen MR) is 106 cm³/mol. The van der Waals surface area contributed by atoms with Gasteiger partial charge < -0.3 is 11.1 Å². The van der Waals surface area contributed by atoms with Gasteiger partial charge in [-0.05, 0) is 29.8 Å². The minimum Gasteiger partial charge on any atom is -0.383 e. The zero-order chi connectivity index (χ0) is 17.4. The highest BCUT2D eigenvalue weighted by Gasteiger charge is 2.21. The summed E-state index contributed by atoms with van der Waals surface area (Å²) in [5.74, 6) is 0.822. The number of rotatable bonds is 2. The van der Waals surface area contributed by atoms with Gasteiger partial charge in [0.2, 0.25) is 0 Å². The molecule has 0 bridgehead atoms. The zero-order valence-electron chi connectivity index (χ0n) is 12.9. The molecule has 3 N–H and O–H groups in total. The molecule has 0 atom stereocenters. The number of anilines is 1. The molecule has 1 aromatic heterocycles. The quantitative estimate of drug-likeness (QED) is 0.536. The Kier molecular flexibility index (Phi) is 3.95. The molecule has 1 aliphatic heterocycles. The van der Waals surface area contributed by atoms with Gasteiger partial charge in [-0.1, -0.05) is 54.3 Å². The van der Waals surface area contributed by atoms with Gasteiger partial charge in [-0.3, -0.25) is 4.79 Å². The first-order valence-electron chi connectivity index (χ1n) is 7.48. The fourth-order valence-corrected chi connectivity index (χ4v) is 3.61. The van der Waals surface area contributed by atoms with Crippen LogP contribution in [0, 0.1) is 0 Å². The summed E-state index contributed by atoms with van der Waals surface area (Å²) in [6.45, 7) is 0. The Bertz CT molecular complexity index is 1060. The van der Waals surface area contributed by atoms with Crippen molar-refractivity contribution in [1.29, 1.82) is 0 Å². The topological polar surface area (TPSA) is 80.9 Å². The molecule has 1 saturated heterocycles. The lowest BCUT2D eigenvalue weighted by Crippen LogP contribution is -2.17. The van der Waals surface area contributed by atoms with E-state index in [2.05, 4.69) is 15.3 Å². The number of carbonyl (C=O) groups is 1. The molecular weight excluding hydrogens is 352 g/mol.